The van der Waals surface area contributed by atoms with Crippen LogP contribution in [0.5, 0.6) is 0 Å². The molecule has 1 rings (SSSR count). The van der Waals surface area contributed by atoms with E-state index >= 15 is 0 Å². The summed E-state index contributed by atoms with van der Waals surface area (Å²) in [5.41, 5.74) is 0.859. The highest BCUT2D eigenvalue weighted by atomic mass is 32.2. The molecule has 0 bridgehead atoms. The molecule has 16 heavy (non-hydrogen) atoms. The number of nitrogens with zero attached hydrogens (tertiary/aromatic N) is 2. The summed E-state index contributed by atoms with van der Waals surface area (Å²) < 4.78 is 24.4. The number of hydrogen-bond acceptors (Lipinski definition) is 4. The van der Waals surface area contributed by atoms with Crippen LogP contribution in [0.25, 0.3) is 0 Å². The van der Waals surface area contributed by atoms with Gasteiger partial charge in [-0.2, -0.15) is 5.10 Å². The van der Waals surface area contributed by atoms with Crippen molar-refractivity contribution in [3.05, 3.63) is 18.0 Å². The summed E-state index contributed by atoms with van der Waals surface area (Å²) in [7, 11) is 0.398. The van der Waals surface area contributed by atoms with Gasteiger partial charge in [0.05, 0.1) is 16.5 Å². The van der Waals surface area contributed by atoms with E-state index in [0.29, 0.717) is 0 Å². The van der Waals surface area contributed by atoms with Gasteiger partial charge in [0.25, 0.3) is 0 Å². The molecule has 0 aliphatic carbocycles. The number of nitrogens with one attached hydrogen (secondary N) is 1. The lowest BCUT2D eigenvalue weighted by atomic mass is 10.00. The maximum atomic E-state index is 11.8. The van der Waals surface area contributed by atoms with Gasteiger partial charge < -0.3 is 5.32 Å². The minimum absolute atomic E-state index is 0.282. The first-order chi connectivity index (χ1) is 7.21. The molecule has 1 heterocycles. The Morgan fingerprint density at radius 3 is 2.38 bits per heavy atom. The second-order valence-corrected chi connectivity index (χ2v) is 7.07. The zero-order chi connectivity index (χ0) is 12.6. The molecule has 1 atom stereocenters. The van der Waals surface area contributed by atoms with Crippen LogP contribution in [-0.2, 0) is 16.9 Å². The first-order valence-corrected chi connectivity index (χ1v) is 6.95. The third kappa shape index (κ3) is 2.12. The maximum absolute atomic E-state index is 11.8. The molecule has 0 saturated heterocycles. The Balaban J connectivity index is 3.24. The Bertz CT molecular complexity index is 462. The molecular weight excluding hydrogens is 226 g/mol. The van der Waals surface area contributed by atoms with Crippen molar-refractivity contribution < 1.29 is 8.42 Å². The van der Waals surface area contributed by atoms with E-state index in [-0.39, 0.29) is 6.04 Å². The average molecular weight is 245 g/mol. The SMILES string of the molecule is CNC(c1ccnn1C)C(C)(C)S(C)(=O)=O. The van der Waals surface area contributed by atoms with Crippen molar-refractivity contribution in [2.45, 2.75) is 24.6 Å². The normalized spacial score (nSPS) is 15.1. The van der Waals surface area contributed by atoms with Gasteiger partial charge in [-0.15, -0.1) is 0 Å². The minimum atomic E-state index is -3.16. The number of sulfone groups is 1. The van der Waals surface area contributed by atoms with Crippen LogP contribution < -0.4 is 5.32 Å². The predicted molar refractivity (Wildman–Crippen MR) is 63.9 cm³/mol. The van der Waals surface area contributed by atoms with Crippen molar-refractivity contribution in [2.24, 2.45) is 7.05 Å². The summed E-state index contributed by atoms with van der Waals surface area (Å²) in [6.07, 6.45) is 2.92. The van der Waals surface area contributed by atoms with E-state index in [0.717, 1.165) is 5.69 Å². The van der Waals surface area contributed by atoms with Crippen molar-refractivity contribution in [1.29, 1.82) is 0 Å². The molecular formula is C10H19N3O2S. The van der Waals surface area contributed by atoms with E-state index in [4.69, 9.17) is 0 Å². The number of rotatable bonds is 4. The van der Waals surface area contributed by atoms with Gasteiger partial charge in [-0.3, -0.25) is 4.68 Å². The van der Waals surface area contributed by atoms with Crippen molar-refractivity contribution in [3.8, 4) is 0 Å². The largest absolute Gasteiger partial charge is 0.310 e. The third-order valence-corrected chi connectivity index (χ3v) is 5.24. The monoisotopic (exact) mass is 245 g/mol. The lowest BCUT2D eigenvalue weighted by Gasteiger charge is -2.32. The highest BCUT2D eigenvalue weighted by Gasteiger charge is 2.40. The molecule has 1 N–H and O–H groups in total. The quantitative estimate of drug-likeness (QED) is 0.839. The fourth-order valence-electron chi connectivity index (χ4n) is 1.73. The van der Waals surface area contributed by atoms with Crippen LogP contribution >= 0.6 is 0 Å². The van der Waals surface area contributed by atoms with E-state index in [2.05, 4.69) is 10.4 Å². The smallest absolute Gasteiger partial charge is 0.154 e. The van der Waals surface area contributed by atoms with Crippen LogP contribution in [-0.4, -0.2) is 36.2 Å². The summed E-state index contributed by atoms with van der Waals surface area (Å²) in [5.74, 6) is 0. The molecule has 0 saturated carbocycles. The Morgan fingerprint density at radius 1 is 1.50 bits per heavy atom. The van der Waals surface area contributed by atoms with Crippen molar-refractivity contribution in [1.82, 2.24) is 15.1 Å². The Kier molecular flexibility index (Phi) is 3.44. The highest BCUT2D eigenvalue weighted by Crippen LogP contribution is 2.31. The fourth-order valence-corrected chi connectivity index (χ4v) is 2.40. The Labute approximate surface area is 96.8 Å². The molecule has 92 valence electrons. The van der Waals surface area contributed by atoms with E-state index in [1.165, 1.54) is 6.26 Å². The van der Waals surface area contributed by atoms with Gasteiger partial charge in [-0.05, 0) is 27.0 Å². The zero-order valence-electron chi connectivity index (χ0n) is 10.4. The second kappa shape index (κ2) is 4.18. The zero-order valence-corrected chi connectivity index (χ0v) is 11.2. The first kappa shape index (κ1) is 13.2. The standard InChI is InChI=1S/C10H19N3O2S/c1-10(2,16(5,14)15)9(11-3)8-6-7-12-13(8)4/h6-7,9,11H,1-5H3. The van der Waals surface area contributed by atoms with Crippen molar-refractivity contribution in [2.75, 3.05) is 13.3 Å². The first-order valence-electron chi connectivity index (χ1n) is 5.06. The second-order valence-electron chi connectivity index (χ2n) is 4.48. The van der Waals surface area contributed by atoms with E-state index in [1.807, 2.05) is 6.07 Å². The molecule has 0 spiro atoms. The van der Waals surface area contributed by atoms with Gasteiger partial charge in [0.2, 0.25) is 0 Å². The lowest BCUT2D eigenvalue weighted by molar-refractivity contribution is 0.424. The Hall–Kier alpha value is -0.880. The number of aryl methyl sites for hydroxylation is 1. The molecule has 0 aliphatic heterocycles. The fraction of sp³-hybridized carbons (Fsp3) is 0.700. The molecule has 6 heteroatoms. The molecule has 0 radical (unpaired) electrons. The molecule has 1 unspecified atom stereocenters. The molecule has 1 aromatic rings. The minimum Gasteiger partial charge on any atom is -0.310 e. The van der Waals surface area contributed by atoms with Gasteiger partial charge >= 0.3 is 0 Å². The third-order valence-electron chi connectivity index (χ3n) is 3.09. The lowest BCUT2D eigenvalue weighted by Crippen LogP contribution is -2.44. The average Bonchev–Trinajstić information content (AvgIpc) is 2.51. The van der Waals surface area contributed by atoms with Crippen molar-refractivity contribution >= 4 is 9.84 Å². The van der Waals surface area contributed by atoms with Crippen LogP contribution in [0.15, 0.2) is 12.3 Å². The molecule has 0 aliphatic rings. The summed E-state index contributed by atoms with van der Waals surface area (Å²) >= 11 is 0. The van der Waals surface area contributed by atoms with Gasteiger partial charge in [-0.25, -0.2) is 8.42 Å². The molecule has 0 fully saturated rings. The molecule has 1 aromatic heterocycles. The number of hydrogen-bond donors (Lipinski definition) is 1. The summed E-state index contributed by atoms with van der Waals surface area (Å²) in [6, 6.07) is 1.55. The Morgan fingerprint density at radius 2 is 2.06 bits per heavy atom. The van der Waals surface area contributed by atoms with Crippen LogP contribution in [0.3, 0.4) is 0 Å². The van der Waals surface area contributed by atoms with E-state index in [1.54, 1.807) is 38.8 Å². The van der Waals surface area contributed by atoms with Crippen LogP contribution in [0.2, 0.25) is 0 Å². The molecule has 0 aromatic carbocycles. The molecule has 0 amide bonds. The topological polar surface area (TPSA) is 64.0 Å². The van der Waals surface area contributed by atoms with Crippen LogP contribution in [0.1, 0.15) is 25.6 Å². The van der Waals surface area contributed by atoms with E-state index in [9.17, 15) is 8.42 Å². The van der Waals surface area contributed by atoms with Gasteiger partial charge in [0, 0.05) is 19.5 Å². The predicted octanol–water partition coefficient (Wildman–Crippen LogP) is 0.504. The summed E-state index contributed by atoms with van der Waals surface area (Å²) in [5, 5.41) is 7.11. The summed E-state index contributed by atoms with van der Waals surface area (Å²) in [4.78, 5) is 0. The van der Waals surface area contributed by atoms with Gasteiger partial charge in [0.1, 0.15) is 0 Å². The highest BCUT2D eigenvalue weighted by molar-refractivity contribution is 7.92. The van der Waals surface area contributed by atoms with Gasteiger partial charge in [0.15, 0.2) is 9.84 Å². The van der Waals surface area contributed by atoms with Crippen molar-refractivity contribution in [3.63, 3.8) is 0 Å². The van der Waals surface area contributed by atoms with Crippen LogP contribution in [0, 0.1) is 0 Å². The molecule has 5 nitrogen and oxygen atoms in total. The van der Waals surface area contributed by atoms with E-state index < -0.39 is 14.6 Å². The van der Waals surface area contributed by atoms with Gasteiger partial charge in [-0.1, -0.05) is 0 Å². The maximum Gasteiger partial charge on any atom is 0.154 e. The number of aromatic nitrogens is 2. The van der Waals surface area contributed by atoms with Crippen LogP contribution in [0.4, 0.5) is 0 Å². The summed E-state index contributed by atoms with van der Waals surface area (Å²) in [6.45, 7) is 3.44.